The molecular weight excluding hydrogens is 257 g/mol. The molecule has 1 saturated carbocycles. The highest BCUT2D eigenvalue weighted by atomic mass is 19.1. The summed E-state index contributed by atoms with van der Waals surface area (Å²) in [4.78, 5) is 12.4. The molecule has 0 saturated heterocycles. The van der Waals surface area contributed by atoms with Gasteiger partial charge in [-0.25, -0.2) is 9.18 Å². The molecule has 0 amide bonds. The lowest BCUT2D eigenvalue weighted by molar-refractivity contribution is -0.150. The summed E-state index contributed by atoms with van der Waals surface area (Å²) in [5, 5.41) is 3.25. The lowest BCUT2D eigenvalue weighted by Crippen LogP contribution is -2.56. The maximum absolute atomic E-state index is 13.3. The number of benzene rings is 1. The number of nitrogens with one attached hydrogen (secondary N) is 1. The zero-order chi connectivity index (χ0) is 14.8. The second-order valence-electron chi connectivity index (χ2n) is 5.76. The first kappa shape index (κ1) is 14.8. The Bertz CT molecular complexity index is 491. The topological polar surface area (TPSA) is 38.3 Å². The van der Waals surface area contributed by atoms with Crippen LogP contribution in [0.15, 0.2) is 24.3 Å². The van der Waals surface area contributed by atoms with Gasteiger partial charge < -0.3 is 10.1 Å². The molecule has 1 aliphatic carbocycles. The van der Waals surface area contributed by atoms with Crippen LogP contribution in [0.25, 0.3) is 0 Å². The van der Waals surface area contributed by atoms with Crippen molar-refractivity contribution in [2.75, 3.05) is 12.4 Å². The molecule has 0 radical (unpaired) electrons. The van der Waals surface area contributed by atoms with Crippen LogP contribution >= 0.6 is 0 Å². The zero-order valence-electron chi connectivity index (χ0n) is 12.3. The van der Waals surface area contributed by atoms with E-state index in [0.29, 0.717) is 18.0 Å². The number of hydrogen-bond acceptors (Lipinski definition) is 3. The molecule has 20 heavy (non-hydrogen) atoms. The molecule has 0 aliphatic heterocycles. The minimum absolute atomic E-state index is 0.131. The lowest BCUT2D eigenvalue weighted by Gasteiger charge is -2.44. The Morgan fingerprint density at radius 1 is 1.45 bits per heavy atom. The molecule has 1 aromatic rings. The third-order valence-corrected chi connectivity index (χ3v) is 4.60. The number of halogens is 1. The van der Waals surface area contributed by atoms with Gasteiger partial charge >= 0.3 is 5.97 Å². The van der Waals surface area contributed by atoms with Crippen molar-refractivity contribution >= 4 is 11.7 Å². The van der Waals surface area contributed by atoms with E-state index in [9.17, 15) is 9.18 Å². The number of esters is 1. The molecule has 3 nitrogen and oxygen atoms in total. The van der Waals surface area contributed by atoms with E-state index in [4.69, 9.17) is 4.74 Å². The van der Waals surface area contributed by atoms with Gasteiger partial charge in [-0.3, -0.25) is 0 Å². The average molecular weight is 279 g/mol. The average Bonchev–Trinajstić information content (AvgIpc) is 2.43. The number of methoxy groups -OCH3 is 1. The minimum Gasteiger partial charge on any atom is -0.467 e. The van der Waals surface area contributed by atoms with E-state index in [0.717, 1.165) is 12.8 Å². The van der Waals surface area contributed by atoms with Gasteiger partial charge in [0, 0.05) is 5.69 Å². The van der Waals surface area contributed by atoms with Crippen molar-refractivity contribution in [2.24, 2.45) is 11.8 Å². The summed E-state index contributed by atoms with van der Waals surface area (Å²) in [6.45, 7) is 4.21. The van der Waals surface area contributed by atoms with Gasteiger partial charge in [0.2, 0.25) is 0 Å². The highest BCUT2D eigenvalue weighted by Crippen LogP contribution is 2.40. The van der Waals surface area contributed by atoms with Crippen LogP contribution in [0.3, 0.4) is 0 Å². The molecule has 1 aromatic carbocycles. The largest absolute Gasteiger partial charge is 0.467 e. The zero-order valence-corrected chi connectivity index (χ0v) is 12.3. The summed E-state index contributed by atoms with van der Waals surface area (Å²) >= 11 is 0. The van der Waals surface area contributed by atoms with E-state index in [1.807, 2.05) is 0 Å². The summed E-state index contributed by atoms with van der Waals surface area (Å²) in [6, 6.07) is 6.22. The van der Waals surface area contributed by atoms with Crippen molar-refractivity contribution in [3.8, 4) is 0 Å². The van der Waals surface area contributed by atoms with E-state index >= 15 is 0 Å². The van der Waals surface area contributed by atoms with Gasteiger partial charge in [0.05, 0.1) is 7.11 Å². The summed E-state index contributed by atoms with van der Waals surface area (Å²) < 4.78 is 18.4. The summed E-state index contributed by atoms with van der Waals surface area (Å²) in [6.07, 6.45) is 2.77. The van der Waals surface area contributed by atoms with Gasteiger partial charge in [-0.15, -0.1) is 0 Å². The van der Waals surface area contributed by atoms with Gasteiger partial charge in [0.1, 0.15) is 11.4 Å². The predicted octanol–water partition coefficient (Wildman–Crippen LogP) is 3.61. The smallest absolute Gasteiger partial charge is 0.331 e. The molecule has 3 unspecified atom stereocenters. The Kier molecular flexibility index (Phi) is 4.31. The van der Waals surface area contributed by atoms with Crippen molar-refractivity contribution < 1.29 is 13.9 Å². The Balaban J connectivity index is 2.34. The molecule has 1 fully saturated rings. The number of hydrogen-bond donors (Lipinski definition) is 1. The van der Waals surface area contributed by atoms with Crippen LogP contribution in [0.5, 0.6) is 0 Å². The molecule has 1 aliphatic rings. The quantitative estimate of drug-likeness (QED) is 0.859. The number of anilines is 1. The number of carbonyl (C=O) groups is 1. The van der Waals surface area contributed by atoms with Crippen LogP contribution < -0.4 is 5.32 Å². The van der Waals surface area contributed by atoms with Gasteiger partial charge in [-0.05, 0) is 36.5 Å². The first-order valence-corrected chi connectivity index (χ1v) is 7.12. The van der Waals surface area contributed by atoms with Crippen molar-refractivity contribution in [1.82, 2.24) is 0 Å². The molecule has 2 rings (SSSR count). The van der Waals surface area contributed by atoms with Crippen LogP contribution in [-0.2, 0) is 9.53 Å². The number of carbonyl (C=O) groups excluding carboxylic acids is 1. The first-order valence-electron chi connectivity index (χ1n) is 7.12. The van der Waals surface area contributed by atoms with Crippen molar-refractivity contribution in [1.29, 1.82) is 0 Å². The monoisotopic (exact) mass is 279 g/mol. The SMILES string of the molecule is COC(=O)C1(Nc2cccc(F)c2)CCCC(C)C1C. The summed E-state index contributed by atoms with van der Waals surface area (Å²) in [5.74, 6) is -0.0248. The fourth-order valence-corrected chi connectivity index (χ4v) is 3.19. The Labute approximate surface area is 119 Å². The standard InChI is InChI=1S/C16H22FNO2/c1-11-6-5-9-16(12(11)2,15(19)20-3)18-14-8-4-7-13(17)10-14/h4,7-8,10-12,18H,5-6,9H2,1-3H3. The highest BCUT2D eigenvalue weighted by molar-refractivity contribution is 5.85. The first-order chi connectivity index (χ1) is 9.49. The summed E-state index contributed by atoms with van der Waals surface area (Å²) in [5.41, 5.74) is -0.142. The van der Waals surface area contributed by atoms with Crippen LogP contribution in [0.1, 0.15) is 33.1 Å². The van der Waals surface area contributed by atoms with Crippen LogP contribution in [-0.4, -0.2) is 18.6 Å². The molecule has 0 heterocycles. The van der Waals surface area contributed by atoms with E-state index in [1.54, 1.807) is 12.1 Å². The summed E-state index contributed by atoms with van der Waals surface area (Å²) in [7, 11) is 1.41. The molecule has 0 bridgehead atoms. The minimum atomic E-state index is -0.764. The van der Waals surface area contributed by atoms with Gasteiger partial charge in [0.15, 0.2) is 0 Å². The Hall–Kier alpha value is -1.58. The number of ether oxygens (including phenoxy) is 1. The maximum Gasteiger partial charge on any atom is 0.331 e. The second kappa shape index (κ2) is 5.81. The molecule has 4 heteroatoms. The Morgan fingerprint density at radius 2 is 2.20 bits per heavy atom. The van der Waals surface area contributed by atoms with Crippen molar-refractivity contribution in [3.63, 3.8) is 0 Å². The highest BCUT2D eigenvalue weighted by Gasteiger charge is 2.48. The third kappa shape index (κ3) is 2.65. The Morgan fingerprint density at radius 3 is 2.85 bits per heavy atom. The molecule has 0 aromatic heterocycles. The van der Waals surface area contributed by atoms with E-state index in [2.05, 4.69) is 19.2 Å². The van der Waals surface area contributed by atoms with E-state index in [-0.39, 0.29) is 17.7 Å². The maximum atomic E-state index is 13.3. The normalized spacial score (nSPS) is 29.8. The molecule has 110 valence electrons. The second-order valence-corrected chi connectivity index (χ2v) is 5.76. The van der Waals surface area contributed by atoms with Gasteiger partial charge in [-0.1, -0.05) is 32.8 Å². The fraction of sp³-hybridized carbons (Fsp3) is 0.562. The van der Waals surface area contributed by atoms with Crippen molar-refractivity contribution in [2.45, 2.75) is 38.6 Å². The third-order valence-electron chi connectivity index (χ3n) is 4.60. The molecule has 1 N–H and O–H groups in total. The fourth-order valence-electron chi connectivity index (χ4n) is 3.19. The van der Waals surface area contributed by atoms with Crippen LogP contribution in [0.4, 0.5) is 10.1 Å². The van der Waals surface area contributed by atoms with E-state index < -0.39 is 5.54 Å². The lowest BCUT2D eigenvalue weighted by atomic mass is 9.68. The molecular formula is C16H22FNO2. The van der Waals surface area contributed by atoms with Crippen LogP contribution in [0, 0.1) is 17.7 Å². The van der Waals surface area contributed by atoms with Crippen molar-refractivity contribution in [3.05, 3.63) is 30.1 Å². The molecule has 0 spiro atoms. The van der Waals surface area contributed by atoms with E-state index in [1.165, 1.54) is 19.2 Å². The predicted molar refractivity (Wildman–Crippen MR) is 76.9 cm³/mol. The molecule has 3 atom stereocenters. The van der Waals surface area contributed by atoms with Crippen LogP contribution in [0.2, 0.25) is 0 Å². The number of rotatable bonds is 3. The van der Waals surface area contributed by atoms with Gasteiger partial charge in [-0.2, -0.15) is 0 Å². The van der Waals surface area contributed by atoms with Gasteiger partial charge in [0.25, 0.3) is 0 Å².